The maximum absolute atomic E-state index is 14.0. The molecule has 4 atom stereocenters. The van der Waals surface area contributed by atoms with Crippen LogP contribution in [0.1, 0.15) is 91.0 Å². The lowest BCUT2D eigenvalue weighted by molar-refractivity contribution is -0.135. The molecule has 9 heteroatoms. The Kier molecular flexibility index (Phi) is 14.2. The Morgan fingerprint density at radius 3 is 2.50 bits per heavy atom. The number of hydrogen-bond donors (Lipinski definition) is 2. The molecule has 0 spiro atoms. The van der Waals surface area contributed by atoms with E-state index in [0.717, 1.165) is 56.4 Å². The number of carbonyl (C=O) groups excluding carboxylic acids is 2. The van der Waals surface area contributed by atoms with Gasteiger partial charge in [0.1, 0.15) is 17.4 Å². The first kappa shape index (κ1) is 34.4. The van der Waals surface area contributed by atoms with E-state index in [9.17, 15) is 14.7 Å². The van der Waals surface area contributed by atoms with Crippen molar-refractivity contribution in [1.82, 2.24) is 10.3 Å². The summed E-state index contributed by atoms with van der Waals surface area (Å²) < 4.78 is 16.9. The molecule has 0 aromatic carbocycles. The van der Waals surface area contributed by atoms with Crippen LogP contribution >= 0.6 is 0 Å². The molecule has 1 saturated carbocycles. The Morgan fingerprint density at radius 2 is 1.86 bits per heavy atom. The molecule has 1 aromatic rings. The zero-order valence-electron chi connectivity index (χ0n) is 26.8. The molecule has 42 heavy (non-hydrogen) atoms. The predicted molar refractivity (Wildman–Crippen MR) is 165 cm³/mol. The van der Waals surface area contributed by atoms with Gasteiger partial charge in [0.2, 0.25) is 5.91 Å². The van der Waals surface area contributed by atoms with Crippen LogP contribution in [0.25, 0.3) is 0 Å². The number of rotatable bonds is 19. The number of carbonyl (C=O) groups is 2. The van der Waals surface area contributed by atoms with E-state index < -0.39 is 17.9 Å². The Labute approximate surface area is 253 Å². The second-order valence-electron chi connectivity index (χ2n) is 12.7. The molecule has 0 unspecified atom stereocenters. The number of ketones is 1. The second kappa shape index (κ2) is 17.3. The summed E-state index contributed by atoms with van der Waals surface area (Å²) >= 11 is 0. The number of nitrogens with one attached hydrogen (secondary N) is 1. The highest BCUT2D eigenvalue weighted by Crippen LogP contribution is 2.37. The number of nitrogens with zero attached hydrogens (tertiary/aromatic N) is 2. The van der Waals surface area contributed by atoms with Crippen LogP contribution in [-0.2, 0) is 19.1 Å². The summed E-state index contributed by atoms with van der Waals surface area (Å²) in [5.41, 5.74) is 0.987. The van der Waals surface area contributed by atoms with Crippen LogP contribution in [0.5, 0.6) is 5.75 Å². The third-order valence-corrected chi connectivity index (χ3v) is 8.33. The number of methoxy groups -OCH3 is 1. The first-order valence-corrected chi connectivity index (χ1v) is 16.1. The van der Waals surface area contributed by atoms with E-state index in [1.807, 2.05) is 13.0 Å². The summed E-state index contributed by atoms with van der Waals surface area (Å²) in [6.45, 7) is 13.9. The zero-order valence-corrected chi connectivity index (χ0v) is 26.8. The monoisotopic (exact) mass is 589 g/mol. The summed E-state index contributed by atoms with van der Waals surface area (Å²) in [4.78, 5) is 33.7. The van der Waals surface area contributed by atoms with Gasteiger partial charge in [0, 0.05) is 76.7 Å². The SMILES string of the molecule is CCOC[C@H](CCCC(=O)[C@@H]1CNC[C@H](C(=O)N(c2cc(OCCCOC)c(C(C)C)cn2)C2CC2)[C@@H]1O)CC(C)C. The van der Waals surface area contributed by atoms with Crippen molar-refractivity contribution in [2.45, 2.75) is 97.6 Å². The third-order valence-electron chi connectivity index (χ3n) is 8.33. The zero-order chi connectivity index (χ0) is 30.6. The van der Waals surface area contributed by atoms with E-state index in [0.29, 0.717) is 57.0 Å². The van der Waals surface area contributed by atoms with Crippen molar-refractivity contribution in [1.29, 1.82) is 0 Å². The standard InChI is InChI=1S/C33H55N3O6/c1-7-41-21-24(16-22(2)3)10-8-11-29(37)27-18-34-19-28(32(27)38)33(39)36(25-12-13-25)31-17-30(42-15-9-14-40-6)26(20-35-31)23(4)5/h17,20,22-25,27-28,32,34,38H,7-16,18-19,21H2,1-6H3/t24-,27+,28+,32-/m1/s1. The quantitative estimate of drug-likeness (QED) is 0.223. The lowest BCUT2D eigenvalue weighted by atomic mass is 9.81. The van der Waals surface area contributed by atoms with Crippen LogP contribution in [0.4, 0.5) is 5.82 Å². The van der Waals surface area contributed by atoms with Gasteiger partial charge in [0.15, 0.2) is 0 Å². The molecule has 1 saturated heterocycles. The fraction of sp³-hybridized carbons (Fsp3) is 0.788. The highest BCUT2D eigenvalue weighted by molar-refractivity contribution is 5.97. The van der Waals surface area contributed by atoms with Crippen molar-refractivity contribution < 1.29 is 28.9 Å². The van der Waals surface area contributed by atoms with Gasteiger partial charge in [0.05, 0.1) is 24.5 Å². The van der Waals surface area contributed by atoms with E-state index in [1.165, 1.54) is 0 Å². The smallest absolute Gasteiger partial charge is 0.235 e. The summed E-state index contributed by atoms with van der Waals surface area (Å²) in [7, 11) is 1.67. The number of Topliss-reactive ketones (excluding diaryl/α,β-unsaturated/α-hetero) is 1. The number of pyridine rings is 1. The van der Waals surface area contributed by atoms with Crippen LogP contribution in [0, 0.1) is 23.7 Å². The topological polar surface area (TPSA) is 110 Å². The lowest BCUT2D eigenvalue weighted by Crippen LogP contribution is -2.56. The molecule has 0 radical (unpaired) electrons. The number of ether oxygens (including phenoxy) is 3. The lowest BCUT2D eigenvalue weighted by Gasteiger charge is -2.36. The van der Waals surface area contributed by atoms with Gasteiger partial charge in [-0.05, 0) is 56.8 Å². The van der Waals surface area contributed by atoms with Crippen molar-refractivity contribution in [3.8, 4) is 5.75 Å². The van der Waals surface area contributed by atoms with Gasteiger partial charge in [-0.3, -0.25) is 14.5 Å². The number of piperidine rings is 1. The van der Waals surface area contributed by atoms with E-state index in [4.69, 9.17) is 14.2 Å². The fourth-order valence-corrected chi connectivity index (χ4v) is 5.93. The van der Waals surface area contributed by atoms with Crippen LogP contribution in [0.15, 0.2) is 12.3 Å². The van der Waals surface area contributed by atoms with Crippen LogP contribution in [-0.4, -0.2) is 80.6 Å². The van der Waals surface area contributed by atoms with Crippen molar-refractivity contribution >= 4 is 17.5 Å². The largest absolute Gasteiger partial charge is 0.493 e. The first-order valence-electron chi connectivity index (χ1n) is 16.1. The Morgan fingerprint density at radius 1 is 1.12 bits per heavy atom. The highest BCUT2D eigenvalue weighted by Gasteiger charge is 2.45. The summed E-state index contributed by atoms with van der Waals surface area (Å²) in [5.74, 6) is 1.01. The molecular formula is C33H55N3O6. The van der Waals surface area contributed by atoms with E-state index in [1.54, 1.807) is 18.2 Å². The Bertz CT molecular complexity index is 983. The average Bonchev–Trinajstić information content (AvgIpc) is 3.79. The van der Waals surface area contributed by atoms with Crippen LogP contribution in [0.3, 0.4) is 0 Å². The minimum absolute atomic E-state index is 0.0244. The van der Waals surface area contributed by atoms with Crippen molar-refractivity contribution in [2.24, 2.45) is 23.7 Å². The number of aliphatic hydroxyl groups excluding tert-OH is 1. The number of amides is 1. The predicted octanol–water partition coefficient (Wildman–Crippen LogP) is 4.75. The average molecular weight is 590 g/mol. The summed E-state index contributed by atoms with van der Waals surface area (Å²) in [6.07, 6.45) is 6.47. The molecule has 1 amide bonds. The van der Waals surface area contributed by atoms with Gasteiger partial charge in [-0.15, -0.1) is 0 Å². The molecule has 2 heterocycles. The highest BCUT2D eigenvalue weighted by atomic mass is 16.5. The number of aromatic nitrogens is 1. The molecule has 0 bridgehead atoms. The molecule has 3 rings (SSSR count). The van der Waals surface area contributed by atoms with Crippen molar-refractivity contribution in [2.75, 3.05) is 51.5 Å². The fourth-order valence-electron chi connectivity index (χ4n) is 5.93. The minimum atomic E-state index is -1.03. The third kappa shape index (κ3) is 10.00. The maximum atomic E-state index is 14.0. The normalized spacial score (nSPS) is 21.5. The van der Waals surface area contributed by atoms with Gasteiger partial charge in [-0.1, -0.05) is 27.7 Å². The van der Waals surface area contributed by atoms with E-state index in [2.05, 4.69) is 38.0 Å². The number of aliphatic hydroxyl groups is 1. The first-order chi connectivity index (χ1) is 20.2. The van der Waals surface area contributed by atoms with Gasteiger partial charge in [-0.25, -0.2) is 4.98 Å². The van der Waals surface area contributed by atoms with Gasteiger partial charge >= 0.3 is 0 Å². The maximum Gasteiger partial charge on any atom is 0.235 e. The number of hydrogen-bond acceptors (Lipinski definition) is 8. The molecule has 2 aliphatic rings. The molecule has 9 nitrogen and oxygen atoms in total. The molecule has 1 aromatic heterocycles. The molecule has 2 N–H and O–H groups in total. The van der Waals surface area contributed by atoms with Crippen LogP contribution in [0.2, 0.25) is 0 Å². The summed E-state index contributed by atoms with van der Waals surface area (Å²) in [6, 6.07) is 1.90. The Hall–Kier alpha value is -2.07. The molecular weight excluding hydrogens is 534 g/mol. The van der Waals surface area contributed by atoms with Crippen molar-refractivity contribution in [3.63, 3.8) is 0 Å². The second-order valence-corrected chi connectivity index (χ2v) is 12.7. The molecule has 1 aliphatic carbocycles. The van der Waals surface area contributed by atoms with Gasteiger partial charge in [0.25, 0.3) is 0 Å². The summed E-state index contributed by atoms with van der Waals surface area (Å²) in [5, 5.41) is 14.6. The van der Waals surface area contributed by atoms with Gasteiger partial charge < -0.3 is 24.6 Å². The van der Waals surface area contributed by atoms with Gasteiger partial charge in [-0.2, -0.15) is 0 Å². The Balaban J connectivity index is 1.68. The van der Waals surface area contributed by atoms with Crippen molar-refractivity contribution in [3.05, 3.63) is 17.8 Å². The van der Waals surface area contributed by atoms with Crippen LogP contribution < -0.4 is 15.0 Å². The number of anilines is 1. The minimum Gasteiger partial charge on any atom is -0.493 e. The van der Waals surface area contributed by atoms with E-state index in [-0.39, 0.29) is 23.7 Å². The molecule has 1 aliphatic heterocycles. The molecule has 2 fully saturated rings. The molecule has 238 valence electrons. The van der Waals surface area contributed by atoms with E-state index >= 15 is 0 Å².